The molecule has 0 bridgehead atoms. The van der Waals surface area contributed by atoms with E-state index >= 15 is 0 Å². The van der Waals surface area contributed by atoms with Gasteiger partial charge in [-0.05, 0) is 29.7 Å². The molecule has 166 valence electrons. The van der Waals surface area contributed by atoms with Crippen LogP contribution in [-0.4, -0.2) is 52.6 Å². The van der Waals surface area contributed by atoms with Crippen molar-refractivity contribution in [3.05, 3.63) is 77.9 Å². The van der Waals surface area contributed by atoms with Crippen LogP contribution in [0.1, 0.15) is 16.7 Å². The highest BCUT2D eigenvalue weighted by Gasteiger charge is 2.28. The van der Waals surface area contributed by atoms with E-state index in [1.165, 1.54) is 11.9 Å². The second-order valence-electron chi connectivity index (χ2n) is 8.06. The lowest BCUT2D eigenvalue weighted by atomic mass is 10.1. The van der Waals surface area contributed by atoms with Crippen molar-refractivity contribution < 1.29 is 9.53 Å². The maximum atomic E-state index is 13.0. The molecule has 1 amide bonds. The van der Waals surface area contributed by atoms with Crippen LogP contribution in [0, 0.1) is 6.92 Å². The molecule has 0 saturated carbocycles. The van der Waals surface area contributed by atoms with E-state index in [9.17, 15) is 4.79 Å². The van der Waals surface area contributed by atoms with Crippen molar-refractivity contribution in [3.63, 3.8) is 0 Å². The molecule has 2 aromatic carbocycles. The number of fused-ring (bicyclic) bond motifs is 1. The van der Waals surface area contributed by atoms with Crippen LogP contribution in [0.5, 0.6) is 5.75 Å². The van der Waals surface area contributed by atoms with Gasteiger partial charge in [0.15, 0.2) is 0 Å². The van der Waals surface area contributed by atoms with Crippen LogP contribution in [0.4, 0.5) is 11.8 Å². The van der Waals surface area contributed by atoms with E-state index in [2.05, 4.69) is 32.1 Å². The molecule has 1 saturated heterocycles. The average Bonchev–Trinajstić information content (AvgIpc) is 2.84. The molecule has 0 aliphatic carbocycles. The molecule has 1 aliphatic heterocycles. The third-order valence-electron chi connectivity index (χ3n) is 5.84. The molecule has 0 atom stereocenters. The van der Waals surface area contributed by atoms with Gasteiger partial charge in [0.05, 0.1) is 19.2 Å². The van der Waals surface area contributed by atoms with Gasteiger partial charge < -0.3 is 9.64 Å². The maximum Gasteiger partial charge on any atom is 0.248 e. The zero-order valence-electron chi connectivity index (χ0n) is 18.6. The van der Waals surface area contributed by atoms with Gasteiger partial charge in [-0.15, -0.1) is 0 Å². The molecule has 2 aromatic heterocycles. The summed E-state index contributed by atoms with van der Waals surface area (Å²) < 4.78 is 5.41. The van der Waals surface area contributed by atoms with E-state index in [1.54, 1.807) is 24.4 Å². The zero-order valence-corrected chi connectivity index (χ0v) is 18.6. The zero-order chi connectivity index (χ0) is 22.8. The first-order valence-corrected chi connectivity index (χ1v) is 10.8. The lowest BCUT2D eigenvalue weighted by molar-refractivity contribution is -0.118. The number of piperazine rings is 1. The highest BCUT2D eigenvalue weighted by Crippen LogP contribution is 2.30. The highest BCUT2D eigenvalue weighted by molar-refractivity contribution is 5.98. The normalized spacial score (nSPS) is 14.1. The molecule has 8 nitrogen and oxygen atoms in total. The first kappa shape index (κ1) is 20.8. The molecule has 33 heavy (non-hydrogen) atoms. The van der Waals surface area contributed by atoms with Crippen molar-refractivity contribution in [2.24, 2.45) is 0 Å². The number of nitrogens with zero attached hydrogens (tertiary/aromatic N) is 6. The lowest BCUT2D eigenvalue weighted by Crippen LogP contribution is -2.51. The average molecular weight is 441 g/mol. The minimum atomic E-state index is -0.0611. The van der Waals surface area contributed by atoms with Gasteiger partial charge in [-0.25, -0.2) is 19.9 Å². The minimum absolute atomic E-state index is 0.0611. The number of aromatic nitrogens is 4. The van der Waals surface area contributed by atoms with Crippen molar-refractivity contribution in [1.29, 1.82) is 0 Å². The van der Waals surface area contributed by atoms with Gasteiger partial charge in [0.1, 0.15) is 17.9 Å². The number of anilines is 2. The number of amides is 1. The Bertz CT molecular complexity index is 1290. The molecule has 0 N–H and O–H groups in total. The van der Waals surface area contributed by atoms with E-state index < -0.39 is 0 Å². The summed E-state index contributed by atoms with van der Waals surface area (Å²) in [6.45, 7) is 3.29. The van der Waals surface area contributed by atoms with E-state index in [4.69, 9.17) is 4.74 Å². The molecular weight excluding hydrogens is 416 g/mol. The number of methoxy groups -OCH3 is 1. The van der Waals surface area contributed by atoms with Crippen molar-refractivity contribution in [1.82, 2.24) is 19.9 Å². The van der Waals surface area contributed by atoms with Crippen molar-refractivity contribution in [2.75, 3.05) is 36.5 Å². The number of hydrogen-bond donors (Lipinski definition) is 0. The monoisotopic (exact) mass is 440 g/mol. The quantitative estimate of drug-likeness (QED) is 0.471. The molecule has 3 heterocycles. The van der Waals surface area contributed by atoms with Gasteiger partial charge in [-0.1, -0.05) is 30.3 Å². The van der Waals surface area contributed by atoms with Crippen LogP contribution in [0.15, 0.2) is 61.2 Å². The SMILES string of the molecule is COc1cc2ncnc(N3CCN(c4ncc(Cc5ccccc5)cn4)C(=O)C3)c2cc1C. The summed E-state index contributed by atoms with van der Waals surface area (Å²) in [4.78, 5) is 34.4. The van der Waals surface area contributed by atoms with E-state index in [0.29, 0.717) is 19.0 Å². The van der Waals surface area contributed by atoms with Crippen LogP contribution >= 0.6 is 0 Å². The van der Waals surface area contributed by atoms with Crippen LogP contribution in [0.3, 0.4) is 0 Å². The van der Waals surface area contributed by atoms with Crippen molar-refractivity contribution in [3.8, 4) is 5.75 Å². The lowest BCUT2D eigenvalue weighted by Gasteiger charge is -2.34. The maximum absolute atomic E-state index is 13.0. The number of carbonyl (C=O) groups is 1. The second-order valence-corrected chi connectivity index (χ2v) is 8.06. The van der Waals surface area contributed by atoms with E-state index in [0.717, 1.165) is 40.0 Å². The highest BCUT2D eigenvalue weighted by atomic mass is 16.5. The Morgan fingerprint density at radius 2 is 1.76 bits per heavy atom. The van der Waals surface area contributed by atoms with E-state index in [1.807, 2.05) is 42.2 Å². The Labute approximate surface area is 191 Å². The van der Waals surface area contributed by atoms with Gasteiger partial charge in [-0.2, -0.15) is 0 Å². The van der Waals surface area contributed by atoms with Crippen LogP contribution < -0.4 is 14.5 Å². The first-order valence-electron chi connectivity index (χ1n) is 10.8. The van der Waals surface area contributed by atoms with E-state index in [-0.39, 0.29) is 12.5 Å². The summed E-state index contributed by atoms with van der Waals surface area (Å²) >= 11 is 0. The summed E-state index contributed by atoms with van der Waals surface area (Å²) in [5, 5.41) is 0.901. The Morgan fingerprint density at radius 3 is 2.48 bits per heavy atom. The third kappa shape index (κ3) is 4.19. The van der Waals surface area contributed by atoms with Gasteiger partial charge in [0.2, 0.25) is 11.9 Å². The Balaban J connectivity index is 1.32. The number of benzene rings is 2. The van der Waals surface area contributed by atoms with Crippen molar-refractivity contribution in [2.45, 2.75) is 13.3 Å². The fourth-order valence-corrected chi connectivity index (χ4v) is 4.13. The number of ether oxygens (including phenoxy) is 1. The number of aryl methyl sites for hydroxylation is 1. The predicted molar refractivity (Wildman–Crippen MR) is 127 cm³/mol. The second kappa shape index (κ2) is 8.82. The van der Waals surface area contributed by atoms with Gasteiger partial charge in [0, 0.05) is 43.4 Å². The molecule has 0 spiro atoms. The van der Waals surface area contributed by atoms with Gasteiger partial charge in [-0.3, -0.25) is 9.69 Å². The molecule has 1 aliphatic rings. The van der Waals surface area contributed by atoms with Crippen molar-refractivity contribution >= 4 is 28.6 Å². The van der Waals surface area contributed by atoms with Crippen LogP contribution in [0.25, 0.3) is 10.9 Å². The number of carbonyl (C=O) groups excluding carboxylic acids is 1. The molecule has 5 rings (SSSR count). The first-order chi connectivity index (χ1) is 16.1. The Kier molecular flexibility index (Phi) is 5.56. The summed E-state index contributed by atoms with van der Waals surface area (Å²) in [5.74, 6) is 1.90. The smallest absolute Gasteiger partial charge is 0.248 e. The Morgan fingerprint density at radius 1 is 0.970 bits per heavy atom. The number of hydrogen-bond acceptors (Lipinski definition) is 7. The minimum Gasteiger partial charge on any atom is -0.496 e. The summed E-state index contributed by atoms with van der Waals surface area (Å²) in [6.07, 6.45) is 5.87. The number of rotatable bonds is 5. The predicted octanol–water partition coefficient (Wildman–Crippen LogP) is 3.18. The fraction of sp³-hybridized carbons (Fsp3) is 0.240. The Hall–Kier alpha value is -4.07. The molecular formula is C25H24N6O2. The molecule has 8 heteroatoms. The van der Waals surface area contributed by atoms with Crippen LogP contribution in [-0.2, 0) is 11.2 Å². The van der Waals surface area contributed by atoms with Gasteiger partial charge >= 0.3 is 0 Å². The molecule has 0 radical (unpaired) electrons. The summed E-state index contributed by atoms with van der Waals surface area (Å²) in [7, 11) is 1.64. The topological polar surface area (TPSA) is 84.3 Å². The molecule has 0 unspecified atom stereocenters. The van der Waals surface area contributed by atoms with Crippen LogP contribution in [0.2, 0.25) is 0 Å². The summed E-state index contributed by atoms with van der Waals surface area (Å²) in [6, 6.07) is 14.1. The molecule has 4 aromatic rings. The molecule has 1 fully saturated rings. The van der Waals surface area contributed by atoms with Gasteiger partial charge in [0.25, 0.3) is 0 Å². The fourth-order valence-electron chi connectivity index (χ4n) is 4.13. The third-order valence-corrected chi connectivity index (χ3v) is 5.84. The largest absolute Gasteiger partial charge is 0.496 e. The standard InChI is InChI=1S/C25H24N6O2/c1-17-10-20-21(12-22(17)33-2)28-16-29-24(20)30-8-9-31(23(32)15-30)25-26-13-19(14-27-25)11-18-6-4-3-5-7-18/h3-7,10,12-14,16H,8-9,11,15H2,1-2H3. The summed E-state index contributed by atoms with van der Waals surface area (Å²) in [5.41, 5.74) is 3.99.